The first-order chi connectivity index (χ1) is 10.5. The van der Waals surface area contributed by atoms with Crippen LogP contribution in [0.3, 0.4) is 0 Å². The maximum atomic E-state index is 11.7. The standard InChI is InChI=1S/C14H14N2O6/c1-20-9-6-11(22-3)10(21-2)5-7(9)4-8-12(17)15-14(19)16-13(8)18/h4-6H,1-3H3,(H2,15,16,17,18,19). The molecule has 1 aromatic carbocycles. The predicted molar refractivity (Wildman–Crippen MR) is 75.8 cm³/mol. The largest absolute Gasteiger partial charge is 0.496 e. The van der Waals surface area contributed by atoms with Crippen LogP contribution in [0.5, 0.6) is 17.2 Å². The molecule has 1 aromatic rings. The van der Waals surface area contributed by atoms with Crippen LogP contribution in [0, 0.1) is 0 Å². The highest BCUT2D eigenvalue weighted by Gasteiger charge is 2.28. The summed E-state index contributed by atoms with van der Waals surface area (Å²) >= 11 is 0. The van der Waals surface area contributed by atoms with Crippen molar-refractivity contribution < 1.29 is 28.6 Å². The highest BCUT2D eigenvalue weighted by atomic mass is 16.5. The lowest BCUT2D eigenvalue weighted by atomic mass is 10.1. The molecular weight excluding hydrogens is 292 g/mol. The van der Waals surface area contributed by atoms with E-state index < -0.39 is 17.8 Å². The Morgan fingerprint density at radius 2 is 1.32 bits per heavy atom. The fourth-order valence-electron chi connectivity index (χ4n) is 1.93. The maximum absolute atomic E-state index is 11.7. The van der Waals surface area contributed by atoms with Gasteiger partial charge in [0.2, 0.25) is 0 Å². The van der Waals surface area contributed by atoms with E-state index in [1.807, 2.05) is 10.6 Å². The SMILES string of the molecule is COc1cc(OC)c(OC)cc1C=C1C(=O)NC(=O)NC1=O. The Kier molecular flexibility index (Phi) is 4.31. The Balaban J connectivity index is 2.52. The summed E-state index contributed by atoms with van der Waals surface area (Å²) in [5.74, 6) is -0.351. The summed E-state index contributed by atoms with van der Waals surface area (Å²) in [6, 6.07) is 2.27. The molecule has 8 nitrogen and oxygen atoms in total. The topological polar surface area (TPSA) is 103 Å². The van der Waals surface area contributed by atoms with Crippen molar-refractivity contribution in [1.82, 2.24) is 10.6 Å². The molecule has 0 atom stereocenters. The van der Waals surface area contributed by atoms with Gasteiger partial charge in [0.15, 0.2) is 11.5 Å². The van der Waals surface area contributed by atoms with Gasteiger partial charge in [0.1, 0.15) is 11.3 Å². The van der Waals surface area contributed by atoms with E-state index in [1.54, 1.807) is 12.1 Å². The Hall–Kier alpha value is -3.03. The summed E-state index contributed by atoms with van der Waals surface area (Å²) in [7, 11) is 4.37. The van der Waals surface area contributed by atoms with Crippen LogP contribution in [0.15, 0.2) is 17.7 Å². The van der Waals surface area contributed by atoms with E-state index in [4.69, 9.17) is 14.2 Å². The number of hydrogen-bond donors (Lipinski definition) is 2. The molecule has 2 N–H and O–H groups in total. The summed E-state index contributed by atoms with van der Waals surface area (Å²) in [6.45, 7) is 0. The third-order valence-corrected chi connectivity index (χ3v) is 2.98. The predicted octanol–water partition coefficient (Wildman–Crippen LogP) is 0.462. The number of methoxy groups -OCH3 is 3. The highest BCUT2D eigenvalue weighted by molar-refractivity contribution is 6.31. The molecule has 1 aliphatic heterocycles. The average Bonchev–Trinajstić information content (AvgIpc) is 2.49. The molecule has 0 aliphatic carbocycles. The molecule has 0 aromatic heterocycles. The van der Waals surface area contributed by atoms with Gasteiger partial charge < -0.3 is 14.2 Å². The molecule has 4 amide bonds. The van der Waals surface area contributed by atoms with Crippen LogP contribution in [0.2, 0.25) is 0 Å². The fraction of sp³-hybridized carbons (Fsp3) is 0.214. The maximum Gasteiger partial charge on any atom is 0.328 e. The average molecular weight is 306 g/mol. The lowest BCUT2D eigenvalue weighted by Gasteiger charge is -2.16. The van der Waals surface area contributed by atoms with Crippen LogP contribution < -0.4 is 24.8 Å². The van der Waals surface area contributed by atoms with Crippen molar-refractivity contribution in [2.24, 2.45) is 0 Å². The van der Waals surface area contributed by atoms with Crippen molar-refractivity contribution in [1.29, 1.82) is 0 Å². The second kappa shape index (κ2) is 6.17. The van der Waals surface area contributed by atoms with E-state index in [9.17, 15) is 14.4 Å². The molecule has 1 aliphatic rings. The second-order valence-electron chi connectivity index (χ2n) is 4.24. The molecule has 1 fully saturated rings. The van der Waals surface area contributed by atoms with Gasteiger partial charge >= 0.3 is 6.03 Å². The molecule has 0 unspecified atom stereocenters. The summed E-state index contributed by atoms with van der Waals surface area (Å²) in [5, 5.41) is 3.99. The minimum absolute atomic E-state index is 0.217. The molecule has 0 bridgehead atoms. The summed E-state index contributed by atoms with van der Waals surface area (Å²) < 4.78 is 15.5. The molecule has 0 spiro atoms. The number of benzene rings is 1. The first-order valence-corrected chi connectivity index (χ1v) is 6.18. The normalized spacial score (nSPS) is 14.1. The van der Waals surface area contributed by atoms with Crippen molar-refractivity contribution >= 4 is 23.9 Å². The van der Waals surface area contributed by atoms with Crippen molar-refractivity contribution in [3.8, 4) is 17.2 Å². The number of urea groups is 1. The number of carbonyl (C=O) groups excluding carboxylic acids is 3. The number of nitrogens with one attached hydrogen (secondary N) is 2. The molecule has 1 saturated heterocycles. The molecule has 0 radical (unpaired) electrons. The van der Waals surface area contributed by atoms with E-state index in [0.29, 0.717) is 22.8 Å². The lowest BCUT2D eigenvalue weighted by Crippen LogP contribution is -2.51. The number of amides is 4. The third kappa shape index (κ3) is 2.85. The van der Waals surface area contributed by atoms with Gasteiger partial charge in [0.05, 0.1) is 21.3 Å². The van der Waals surface area contributed by atoms with Gasteiger partial charge in [0.25, 0.3) is 11.8 Å². The van der Waals surface area contributed by atoms with Crippen molar-refractivity contribution in [2.45, 2.75) is 0 Å². The van der Waals surface area contributed by atoms with E-state index in [0.717, 1.165) is 0 Å². The first kappa shape index (κ1) is 15.4. The molecular formula is C14H14N2O6. The van der Waals surface area contributed by atoms with Crippen LogP contribution in [0.1, 0.15) is 5.56 Å². The first-order valence-electron chi connectivity index (χ1n) is 6.18. The number of hydrogen-bond acceptors (Lipinski definition) is 6. The van der Waals surface area contributed by atoms with Crippen molar-refractivity contribution in [3.05, 3.63) is 23.3 Å². The smallest absolute Gasteiger partial charge is 0.328 e. The number of carbonyl (C=O) groups is 3. The van der Waals surface area contributed by atoms with Crippen LogP contribution in [0.25, 0.3) is 6.08 Å². The van der Waals surface area contributed by atoms with Gasteiger partial charge in [0, 0.05) is 11.6 Å². The van der Waals surface area contributed by atoms with Crippen LogP contribution in [-0.2, 0) is 9.59 Å². The van der Waals surface area contributed by atoms with Gasteiger partial charge in [-0.3, -0.25) is 20.2 Å². The zero-order valence-electron chi connectivity index (χ0n) is 12.2. The van der Waals surface area contributed by atoms with E-state index >= 15 is 0 Å². The highest BCUT2D eigenvalue weighted by Crippen LogP contribution is 2.35. The van der Waals surface area contributed by atoms with Crippen LogP contribution in [0.4, 0.5) is 4.79 Å². The molecule has 8 heteroatoms. The summed E-state index contributed by atoms with van der Waals surface area (Å²) in [5.41, 5.74) is 0.208. The van der Waals surface area contributed by atoms with E-state index in [1.165, 1.54) is 27.4 Å². The Morgan fingerprint density at radius 3 is 1.82 bits per heavy atom. The van der Waals surface area contributed by atoms with E-state index in [2.05, 4.69) is 0 Å². The summed E-state index contributed by atoms with van der Waals surface area (Å²) in [4.78, 5) is 34.5. The van der Waals surface area contributed by atoms with Gasteiger partial charge in [-0.1, -0.05) is 0 Å². The molecule has 2 rings (SSSR count). The minimum atomic E-state index is -0.855. The molecule has 1 heterocycles. The Labute approximate surface area is 126 Å². The third-order valence-electron chi connectivity index (χ3n) is 2.98. The number of ether oxygens (including phenoxy) is 3. The van der Waals surface area contributed by atoms with Crippen molar-refractivity contribution in [2.75, 3.05) is 21.3 Å². The van der Waals surface area contributed by atoms with Crippen LogP contribution >= 0.6 is 0 Å². The lowest BCUT2D eigenvalue weighted by molar-refractivity contribution is -0.123. The fourth-order valence-corrected chi connectivity index (χ4v) is 1.93. The number of imide groups is 2. The zero-order valence-corrected chi connectivity index (χ0v) is 12.2. The summed E-state index contributed by atoms with van der Waals surface area (Å²) in [6.07, 6.45) is 1.30. The van der Waals surface area contributed by atoms with E-state index in [-0.39, 0.29) is 5.57 Å². The molecule has 22 heavy (non-hydrogen) atoms. The van der Waals surface area contributed by atoms with Crippen LogP contribution in [-0.4, -0.2) is 39.2 Å². The quantitative estimate of drug-likeness (QED) is 0.619. The Bertz CT molecular complexity index is 658. The molecule has 116 valence electrons. The molecule has 0 saturated carbocycles. The Morgan fingerprint density at radius 1 is 0.818 bits per heavy atom. The van der Waals surface area contributed by atoms with Gasteiger partial charge in [-0.05, 0) is 12.1 Å². The zero-order chi connectivity index (χ0) is 16.3. The minimum Gasteiger partial charge on any atom is -0.496 e. The van der Waals surface area contributed by atoms with Gasteiger partial charge in [-0.2, -0.15) is 0 Å². The number of barbiturate groups is 1. The van der Waals surface area contributed by atoms with Gasteiger partial charge in [-0.25, -0.2) is 4.79 Å². The van der Waals surface area contributed by atoms with Gasteiger partial charge in [-0.15, -0.1) is 0 Å². The monoisotopic (exact) mass is 306 g/mol. The second-order valence-corrected chi connectivity index (χ2v) is 4.24. The van der Waals surface area contributed by atoms with Crippen molar-refractivity contribution in [3.63, 3.8) is 0 Å². The number of rotatable bonds is 4.